The van der Waals surface area contributed by atoms with Crippen molar-refractivity contribution in [2.24, 2.45) is 0 Å². The molecule has 4 nitrogen and oxygen atoms in total. The van der Waals surface area contributed by atoms with E-state index in [0.29, 0.717) is 0 Å². The minimum atomic E-state index is -4.41. The lowest BCUT2D eigenvalue weighted by molar-refractivity contribution is -0.154. The summed E-state index contributed by atoms with van der Waals surface area (Å²) in [5.41, 5.74) is 0.157. The van der Waals surface area contributed by atoms with Gasteiger partial charge in [0.15, 0.2) is 6.61 Å². The van der Waals surface area contributed by atoms with Crippen LogP contribution in [0, 0.1) is 0 Å². The molecule has 0 aromatic carbocycles. The van der Waals surface area contributed by atoms with Gasteiger partial charge >= 0.3 is 6.18 Å². The quantitative estimate of drug-likeness (QED) is 0.802. The summed E-state index contributed by atoms with van der Waals surface area (Å²) < 4.78 is 39.4. The van der Waals surface area contributed by atoms with Crippen LogP contribution >= 0.6 is 0 Å². The molecule has 0 unspecified atom stereocenters. The largest absolute Gasteiger partial charge is 0.467 e. The van der Waals surface area contributed by atoms with Gasteiger partial charge in [0.2, 0.25) is 5.88 Å². The maximum Gasteiger partial charge on any atom is 0.422 e. The summed E-state index contributed by atoms with van der Waals surface area (Å²) in [6.07, 6.45) is -2.12. The smallest absolute Gasteiger partial charge is 0.422 e. The van der Waals surface area contributed by atoms with Crippen LogP contribution in [0.15, 0.2) is 12.4 Å². The summed E-state index contributed by atoms with van der Waals surface area (Å²) in [4.78, 5) is 7.10. The molecule has 0 atom stereocenters. The minimum Gasteiger partial charge on any atom is -0.467 e. The lowest BCUT2D eigenvalue weighted by atomic mass is 10.5. The highest BCUT2D eigenvalue weighted by Gasteiger charge is 2.28. The highest BCUT2D eigenvalue weighted by molar-refractivity contribution is 5.07. The Hall–Kier alpha value is -1.37. The summed E-state index contributed by atoms with van der Waals surface area (Å²) in [6.45, 7) is -1.81. The molecule has 0 bridgehead atoms. The molecule has 0 saturated heterocycles. The molecule has 0 spiro atoms. The molecule has 1 aromatic rings. The molecule has 1 heterocycles. The van der Waals surface area contributed by atoms with Crippen LogP contribution in [0.5, 0.6) is 5.88 Å². The van der Waals surface area contributed by atoms with Crippen LogP contribution in [0.3, 0.4) is 0 Å². The molecule has 1 rings (SSSR count). The van der Waals surface area contributed by atoms with Gasteiger partial charge in [-0.25, -0.2) is 4.98 Å². The Bertz CT molecular complexity index is 303. The van der Waals surface area contributed by atoms with Gasteiger partial charge in [-0.1, -0.05) is 0 Å². The van der Waals surface area contributed by atoms with E-state index in [9.17, 15) is 13.2 Å². The maximum absolute atomic E-state index is 11.7. The Balaban J connectivity index is 2.59. The summed E-state index contributed by atoms with van der Waals surface area (Å²) in [7, 11) is 0. The maximum atomic E-state index is 11.7. The van der Waals surface area contributed by atoms with Gasteiger partial charge in [0, 0.05) is 0 Å². The molecule has 0 saturated carbocycles. The number of hydrogen-bond acceptors (Lipinski definition) is 4. The third-order valence-electron chi connectivity index (χ3n) is 1.21. The SMILES string of the molecule is OCc1cncc(OCC(F)(F)F)n1. The fourth-order valence-corrected chi connectivity index (χ4v) is 0.688. The molecule has 14 heavy (non-hydrogen) atoms. The monoisotopic (exact) mass is 208 g/mol. The molecule has 0 radical (unpaired) electrons. The van der Waals surface area contributed by atoms with Crippen molar-refractivity contribution in [2.45, 2.75) is 12.8 Å². The van der Waals surface area contributed by atoms with Gasteiger partial charge in [-0.2, -0.15) is 13.2 Å². The predicted octanol–water partition coefficient (Wildman–Crippen LogP) is 0.910. The van der Waals surface area contributed by atoms with Crippen molar-refractivity contribution >= 4 is 0 Å². The molecule has 0 amide bonds. The minimum absolute atomic E-state index is 0.157. The number of ether oxygens (including phenoxy) is 1. The lowest BCUT2D eigenvalue weighted by Crippen LogP contribution is -2.19. The van der Waals surface area contributed by atoms with Crippen LogP contribution in [0.2, 0.25) is 0 Å². The van der Waals surface area contributed by atoms with Gasteiger partial charge in [-0.3, -0.25) is 4.98 Å². The number of aliphatic hydroxyl groups is 1. The van der Waals surface area contributed by atoms with Crippen molar-refractivity contribution in [3.8, 4) is 5.88 Å². The van der Waals surface area contributed by atoms with Crippen molar-refractivity contribution in [1.29, 1.82) is 0 Å². The first kappa shape index (κ1) is 10.7. The van der Waals surface area contributed by atoms with Gasteiger partial charge in [0.05, 0.1) is 24.7 Å². The predicted molar refractivity (Wildman–Crippen MR) is 39.5 cm³/mol. The molecule has 0 aliphatic heterocycles. The van der Waals surface area contributed by atoms with Crippen LogP contribution in [0.1, 0.15) is 5.69 Å². The van der Waals surface area contributed by atoms with Crippen LogP contribution < -0.4 is 4.74 Å². The summed E-state index contributed by atoms with van der Waals surface area (Å²) in [5.74, 6) is -0.256. The van der Waals surface area contributed by atoms with Crippen molar-refractivity contribution in [1.82, 2.24) is 9.97 Å². The molecule has 7 heteroatoms. The number of aliphatic hydroxyl groups excluding tert-OH is 1. The molecule has 0 fully saturated rings. The first-order chi connectivity index (χ1) is 6.51. The second kappa shape index (κ2) is 4.23. The van der Waals surface area contributed by atoms with Gasteiger partial charge in [-0.15, -0.1) is 0 Å². The number of rotatable bonds is 3. The van der Waals surface area contributed by atoms with E-state index in [1.165, 1.54) is 6.20 Å². The second-order valence-corrected chi connectivity index (χ2v) is 2.41. The number of aromatic nitrogens is 2. The fraction of sp³-hybridized carbons (Fsp3) is 0.429. The molecule has 1 aromatic heterocycles. The molecule has 78 valence electrons. The Kier molecular flexibility index (Phi) is 3.23. The van der Waals surface area contributed by atoms with E-state index in [-0.39, 0.29) is 11.6 Å². The second-order valence-electron chi connectivity index (χ2n) is 2.41. The van der Waals surface area contributed by atoms with Crippen LogP contribution in [0.25, 0.3) is 0 Å². The first-order valence-electron chi connectivity index (χ1n) is 3.62. The molecule has 0 aliphatic carbocycles. The van der Waals surface area contributed by atoms with Crippen molar-refractivity contribution in [3.05, 3.63) is 18.1 Å². The van der Waals surface area contributed by atoms with E-state index < -0.39 is 19.4 Å². The van der Waals surface area contributed by atoms with Crippen molar-refractivity contribution in [2.75, 3.05) is 6.61 Å². The molecule has 0 aliphatic rings. The van der Waals surface area contributed by atoms with E-state index in [0.717, 1.165) is 6.20 Å². The third-order valence-corrected chi connectivity index (χ3v) is 1.21. The van der Waals surface area contributed by atoms with Crippen molar-refractivity contribution < 1.29 is 23.0 Å². The van der Waals surface area contributed by atoms with E-state index in [1.54, 1.807) is 0 Å². The molecular weight excluding hydrogens is 201 g/mol. The zero-order chi connectivity index (χ0) is 10.6. The fourth-order valence-electron chi connectivity index (χ4n) is 0.688. The number of halogens is 3. The molecule has 1 N–H and O–H groups in total. The summed E-state index contributed by atoms with van der Waals surface area (Å²) >= 11 is 0. The molecular formula is C7H7F3N2O2. The average Bonchev–Trinajstić information content (AvgIpc) is 2.14. The standard InChI is InChI=1S/C7H7F3N2O2/c8-7(9,10)4-14-6-2-11-1-5(3-13)12-6/h1-2,13H,3-4H2. The number of alkyl halides is 3. The van der Waals surface area contributed by atoms with Gasteiger partial charge < -0.3 is 9.84 Å². The topological polar surface area (TPSA) is 55.2 Å². The third kappa shape index (κ3) is 3.56. The van der Waals surface area contributed by atoms with Crippen LogP contribution in [-0.2, 0) is 6.61 Å². The Labute approximate surface area is 77.4 Å². The zero-order valence-electron chi connectivity index (χ0n) is 6.95. The first-order valence-corrected chi connectivity index (χ1v) is 3.62. The normalized spacial score (nSPS) is 11.4. The zero-order valence-corrected chi connectivity index (χ0v) is 6.95. The average molecular weight is 208 g/mol. The lowest BCUT2D eigenvalue weighted by Gasteiger charge is -2.07. The van der Waals surface area contributed by atoms with Gasteiger partial charge in [-0.05, 0) is 0 Å². The van der Waals surface area contributed by atoms with Gasteiger partial charge in [0.1, 0.15) is 0 Å². The van der Waals surface area contributed by atoms with E-state index >= 15 is 0 Å². The highest BCUT2D eigenvalue weighted by atomic mass is 19.4. The Morgan fingerprint density at radius 2 is 2.07 bits per heavy atom. The van der Waals surface area contributed by atoms with E-state index in [2.05, 4.69) is 14.7 Å². The summed E-state index contributed by atoms with van der Waals surface area (Å²) in [6, 6.07) is 0. The van der Waals surface area contributed by atoms with E-state index in [1.807, 2.05) is 0 Å². The Morgan fingerprint density at radius 1 is 1.36 bits per heavy atom. The Morgan fingerprint density at radius 3 is 2.64 bits per heavy atom. The van der Waals surface area contributed by atoms with Crippen LogP contribution in [-0.4, -0.2) is 27.9 Å². The number of hydrogen-bond donors (Lipinski definition) is 1. The van der Waals surface area contributed by atoms with Gasteiger partial charge in [0.25, 0.3) is 0 Å². The van der Waals surface area contributed by atoms with Crippen molar-refractivity contribution in [3.63, 3.8) is 0 Å². The van der Waals surface area contributed by atoms with E-state index in [4.69, 9.17) is 5.11 Å². The van der Waals surface area contributed by atoms with Crippen LogP contribution in [0.4, 0.5) is 13.2 Å². The highest BCUT2D eigenvalue weighted by Crippen LogP contribution is 2.16. The number of nitrogens with zero attached hydrogens (tertiary/aromatic N) is 2. The summed E-state index contributed by atoms with van der Waals surface area (Å²) in [5, 5.41) is 8.61.